The number of aromatic nitrogens is 3. The molecule has 2 aromatic heterocycles. The molecule has 8 rings (SSSR count). The van der Waals surface area contributed by atoms with Crippen molar-refractivity contribution in [3.8, 4) is 67.5 Å². The number of pyridine rings is 1. The zero-order valence-corrected chi connectivity index (χ0v) is 35.5. The lowest BCUT2D eigenvalue weighted by Crippen LogP contribution is -2.17. The van der Waals surface area contributed by atoms with Crippen LogP contribution < -0.4 is 0 Å². The van der Waals surface area contributed by atoms with Crippen LogP contribution in [0.3, 0.4) is 0 Å². The van der Waals surface area contributed by atoms with Crippen LogP contribution in [0.4, 0.5) is 0 Å². The number of fused-ring (bicyclic) bond motifs is 1. The number of nitrogens with zero attached hydrogens (tertiary/aromatic N) is 3. The molecule has 0 spiro atoms. The maximum Gasteiger partial charge on any atom is 0.149 e. The number of phenols is 1. The van der Waals surface area contributed by atoms with Gasteiger partial charge in [-0.1, -0.05) is 166 Å². The third-order valence-electron chi connectivity index (χ3n) is 11.0. The van der Waals surface area contributed by atoms with Gasteiger partial charge in [-0.05, 0) is 123 Å². The summed E-state index contributed by atoms with van der Waals surface area (Å²) in [5.74, 6) is -1.77. The van der Waals surface area contributed by atoms with Crippen molar-refractivity contribution in [2.24, 2.45) is 5.92 Å². The van der Waals surface area contributed by atoms with E-state index < -0.39 is 122 Å². The van der Waals surface area contributed by atoms with Gasteiger partial charge in [-0.15, -0.1) is 0 Å². The molecule has 2 heterocycles. The first-order valence-electron chi connectivity index (χ1n) is 33.0. The van der Waals surface area contributed by atoms with Gasteiger partial charge >= 0.3 is 0 Å². The van der Waals surface area contributed by atoms with Gasteiger partial charge in [-0.25, -0.2) is 4.98 Å². The summed E-state index contributed by atoms with van der Waals surface area (Å²) >= 11 is 0. The first-order valence-corrected chi connectivity index (χ1v) is 20.5. The third-order valence-corrected chi connectivity index (χ3v) is 11.0. The molecule has 0 saturated heterocycles. The monoisotopic (exact) mass is 855 g/mol. The van der Waals surface area contributed by atoms with Crippen LogP contribution in [-0.2, 0) is 22.7 Å². The van der Waals surface area contributed by atoms with Gasteiger partial charge in [-0.2, -0.15) is 0 Å². The van der Waals surface area contributed by atoms with Crippen molar-refractivity contribution in [2.75, 3.05) is 0 Å². The molecule has 0 bridgehead atoms. The standard InChI is InChI=1S/C59H63N3O/c1-37(2)29-39-23-26-52(48(30-39)41-17-14-13-15-18-41)62-53-20-16-19-47(54(53)61-56(62)49-35-46(58(7,8)9)36-50(55(49)63)59(10,11)12)43-31-44(33-45(32-43)57(4,5)6)51-34-42(27-28-60-51)40-24-21-38(3)22-25-40/h13-28,30-37,63H,29H2,1-12H3/i3D3,7D3,8D3,9D3,10D3,11D3,12D3,21D,22D,24D,25D. The Hall–Kier alpha value is -6.26. The van der Waals surface area contributed by atoms with Crippen LogP contribution in [0.15, 0.2) is 140 Å². The van der Waals surface area contributed by atoms with E-state index >= 15 is 0 Å². The minimum absolute atomic E-state index is 0.0632. The van der Waals surface area contributed by atoms with Gasteiger partial charge in [0.15, 0.2) is 0 Å². The topological polar surface area (TPSA) is 50.9 Å². The molecule has 0 radical (unpaired) electrons. The Morgan fingerprint density at radius 1 is 0.635 bits per heavy atom. The number of benzene rings is 6. The van der Waals surface area contributed by atoms with Crippen molar-refractivity contribution in [1.82, 2.24) is 14.5 Å². The number of rotatable bonds is 8. The van der Waals surface area contributed by atoms with Gasteiger partial charge in [0.25, 0.3) is 0 Å². The molecule has 320 valence electrons. The van der Waals surface area contributed by atoms with Crippen molar-refractivity contribution in [3.05, 3.63) is 167 Å². The fourth-order valence-electron chi connectivity index (χ4n) is 7.85. The zero-order chi connectivity index (χ0) is 66.0. The summed E-state index contributed by atoms with van der Waals surface area (Å²) in [6, 6.07) is 25.9. The van der Waals surface area contributed by atoms with Crippen LogP contribution in [0.2, 0.25) is 0 Å². The Balaban J connectivity index is 1.59. The van der Waals surface area contributed by atoms with Gasteiger partial charge < -0.3 is 5.11 Å². The second-order valence-electron chi connectivity index (χ2n) is 17.4. The molecule has 4 nitrogen and oxygen atoms in total. The quantitative estimate of drug-likeness (QED) is 0.166. The van der Waals surface area contributed by atoms with E-state index in [1.54, 1.807) is 66.7 Å². The normalized spacial score (nSPS) is 19.6. The van der Waals surface area contributed by atoms with Gasteiger partial charge in [0.1, 0.15) is 11.6 Å². The second kappa shape index (κ2) is 16.5. The molecule has 1 N–H and O–H groups in total. The highest BCUT2D eigenvalue weighted by Gasteiger charge is 2.29. The van der Waals surface area contributed by atoms with E-state index in [1.807, 2.05) is 52.8 Å². The van der Waals surface area contributed by atoms with E-state index in [4.69, 9.17) is 39.3 Å². The molecule has 4 heteroatoms. The van der Waals surface area contributed by atoms with Crippen molar-refractivity contribution in [1.29, 1.82) is 0 Å². The van der Waals surface area contributed by atoms with Gasteiger partial charge in [0, 0.05) is 57.2 Å². The lowest BCUT2D eigenvalue weighted by atomic mass is 9.79. The second-order valence-corrected chi connectivity index (χ2v) is 17.4. The minimum atomic E-state index is -4.20. The van der Waals surface area contributed by atoms with Gasteiger partial charge in [0.05, 0.1) is 33.5 Å². The molecule has 0 aliphatic rings. The summed E-state index contributed by atoms with van der Waals surface area (Å²) < 4.78 is 218. The molecule has 0 saturated carbocycles. The van der Waals surface area contributed by atoms with Crippen molar-refractivity contribution in [3.63, 3.8) is 0 Å². The van der Waals surface area contributed by atoms with Crippen LogP contribution in [-0.4, -0.2) is 19.6 Å². The highest BCUT2D eigenvalue weighted by atomic mass is 16.3. The highest BCUT2D eigenvalue weighted by molar-refractivity contribution is 5.98. The maximum atomic E-state index is 13.1. The molecule has 8 aromatic rings. The number of hydrogen-bond acceptors (Lipinski definition) is 3. The average molecular weight is 855 g/mol. The van der Waals surface area contributed by atoms with Crippen LogP contribution >= 0.6 is 0 Å². The van der Waals surface area contributed by atoms with Crippen LogP contribution in [0.1, 0.15) is 138 Å². The number of hydrogen-bond donors (Lipinski definition) is 1. The zero-order valence-electron chi connectivity index (χ0n) is 60.5. The van der Waals surface area contributed by atoms with Crippen LogP contribution in [0, 0.1) is 12.8 Å². The van der Waals surface area contributed by atoms with Gasteiger partial charge in [0.2, 0.25) is 0 Å². The first-order chi connectivity index (χ1) is 40.1. The van der Waals surface area contributed by atoms with Crippen molar-refractivity contribution in [2.45, 2.75) is 105 Å². The minimum Gasteiger partial charge on any atom is -0.507 e. The average Bonchev–Trinajstić information content (AvgIpc) is 0.799. The molecular formula is C59H63N3O. The number of para-hydroxylation sites is 1. The Bertz CT molecular complexity index is 3880. The molecule has 0 atom stereocenters. The molecule has 0 fully saturated rings. The summed E-state index contributed by atoms with van der Waals surface area (Å²) in [7, 11) is 0. The summed E-state index contributed by atoms with van der Waals surface area (Å²) in [5.41, 5.74) is -8.73. The first kappa shape index (κ1) is 22.4. The highest BCUT2D eigenvalue weighted by Crippen LogP contribution is 2.46. The van der Waals surface area contributed by atoms with Crippen molar-refractivity contribution >= 4 is 11.0 Å². The number of aromatic hydroxyl groups is 1. The van der Waals surface area contributed by atoms with Crippen LogP contribution in [0.5, 0.6) is 5.75 Å². The molecule has 0 aliphatic heterocycles. The SMILES string of the molecule is [2H]c1c([2H])c(C([2H])([2H])[2H])c([2H])c([2H])c1-c1ccnc(-c2cc(-c3cccc4c3nc(-c3cc(C(C([2H])([2H])[2H])(C([2H])([2H])[2H])C([2H])([2H])[2H])cc(C(C([2H])([2H])[2H])(C([2H])([2H])[2H])C([2H])([2H])[2H])c3O)n4-c3ccc(CC(C)C)cc3-c3ccccc3)cc(C(C)(C)C)c2)c1. The summed E-state index contributed by atoms with van der Waals surface area (Å²) in [6.07, 6.45) is 1.96. The smallest absolute Gasteiger partial charge is 0.149 e. The Labute approximate surface area is 410 Å². The molecule has 63 heavy (non-hydrogen) atoms. The molecule has 0 unspecified atom stereocenters. The Morgan fingerprint density at radius 2 is 1.37 bits per heavy atom. The van der Waals surface area contributed by atoms with Gasteiger partial charge in [-0.3, -0.25) is 9.55 Å². The number of imidazole rings is 1. The fraction of sp³-hybridized carbons (Fsp3) is 0.288. The third kappa shape index (κ3) is 8.87. The largest absolute Gasteiger partial charge is 0.507 e. The molecule has 0 aliphatic carbocycles. The van der Waals surface area contributed by atoms with E-state index in [-0.39, 0.29) is 45.5 Å². The van der Waals surface area contributed by atoms with E-state index in [0.29, 0.717) is 45.9 Å². The maximum absolute atomic E-state index is 13.1. The lowest BCUT2D eigenvalue weighted by Gasteiger charge is -2.27. The van der Waals surface area contributed by atoms with Crippen LogP contribution in [0.25, 0.3) is 72.7 Å². The summed E-state index contributed by atoms with van der Waals surface area (Å²) in [4.78, 5) is 9.81. The van der Waals surface area contributed by atoms with E-state index in [2.05, 4.69) is 4.98 Å². The molecule has 6 aromatic carbocycles. The fourth-order valence-corrected chi connectivity index (χ4v) is 7.85. The van der Waals surface area contributed by atoms with Crippen molar-refractivity contribution < 1.29 is 39.4 Å². The summed E-state index contributed by atoms with van der Waals surface area (Å²) in [5, 5.41) is 13.1. The van der Waals surface area contributed by atoms with E-state index in [9.17, 15) is 5.11 Å². The van der Waals surface area contributed by atoms with E-state index in [1.165, 1.54) is 22.9 Å². The molecular weight excluding hydrogens is 767 g/mol. The Kier molecular flexibility index (Phi) is 5.85. The number of phenolic OH excluding ortho intramolecular Hbond substituents is 1. The Morgan fingerprint density at radius 3 is 2.06 bits per heavy atom. The molecule has 0 amide bonds. The van der Waals surface area contributed by atoms with E-state index in [0.717, 1.165) is 5.56 Å². The summed E-state index contributed by atoms with van der Waals surface area (Å²) in [6.45, 7) is -18.0. The lowest BCUT2D eigenvalue weighted by molar-refractivity contribution is 0.446. The predicted molar refractivity (Wildman–Crippen MR) is 267 cm³/mol. The predicted octanol–water partition coefficient (Wildman–Crippen LogP) is 15.9.